The first-order valence-corrected chi connectivity index (χ1v) is 6.92. The van der Waals surface area contributed by atoms with Gasteiger partial charge in [-0.25, -0.2) is 0 Å². The summed E-state index contributed by atoms with van der Waals surface area (Å²) >= 11 is 0. The molecule has 1 unspecified atom stereocenters. The summed E-state index contributed by atoms with van der Waals surface area (Å²) in [6.07, 6.45) is 14.6. The van der Waals surface area contributed by atoms with Gasteiger partial charge in [-0.1, -0.05) is 38.2 Å². The second-order valence-electron chi connectivity index (χ2n) is 5.18. The maximum atomic E-state index is 10.4. The van der Waals surface area contributed by atoms with E-state index in [1.165, 1.54) is 32.1 Å². The Labute approximate surface area is 159 Å². The molecule has 2 aliphatic rings. The molecule has 1 atom stereocenters. The summed E-state index contributed by atoms with van der Waals surface area (Å²) in [5, 5.41) is 17.6. The Balaban J connectivity index is 0.00000180. The van der Waals surface area contributed by atoms with E-state index in [9.17, 15) is 5.11 Å². The summed E-state index contributed by atoms with van der Waals surface area (Å²) < 4.78 is 0. The largest absolute Gasteiger partial charge is 1.00 e. The number of hydrogen-bond donors (Lipinski definition) is 2. The first kappa shape index (κ1) is 17.5. The monoisotopic (exact) mass is 286 g/mol. The van der Waals surface area contributed by atoms with Crippen LogP contribution in [-0.2, 0) is 0 Å². The van der Waals surface area contributed by atoms with Gasteiger partial charge in [0.15, 0.2) is 0 Å². The predicted octanol–water partition coefficient (Wildman–Crippen LogP) is 0.210. The smallest absolute Gasteiger partial charge is 0.691 e. The van der Waals surface area contributed by atoms with Crippen LogP contribution in [0.1, 0.15) is 38.5 Å². The second-order valence-corrected chi connectivity index (χ2v) is 5.18. The van der Waals surface area contributed by atoms with Crippen LogP contribution < -0.4 is 56.7 Å². The Hall–Kier alpha value is 0.416. The van der Waals surface area contributed by atoms with E-state index in [0.29, 0.717) is 5.92 Å². The molecule has 1 fully saturated rings. The third kappa shape index (κ3) is 5.36. The minimum atomic E-state index is -0.376. The molecule has 1 saturated carbocycles. The van der Waals surface area contributed by atoms with E-state index in [1.54, 1.807) is 13.2 Å². The minimum Gasteiger partial charge on any atom is -0.691 e. The van der Waals surface area contributed by atoms with Gasteiger partial charge in [0.2, 0.25) is 0 Å². The predicted molar refractivity (Wildman–Crippen MR) is 74.9 cm³/mol. The number of rotatable bonds is 4. The minimum absolute atomic E-state index is 0. The van der Waals surface area contributed by atoms with Crippen molar-refractivity contribution in [1.82, 2.24) is 5.32 Å². The molecule has 19 heavy (non-hydrogen) atoms. The zero-order chi connectivity index (χ0) is 12.8. The number of aliphatic hydroxyl groups excluding tert-OH is 1. The van der Waals surface area contributed by atoms with Crippen LogP contribution in [0.4, 0.5) is 0 Å². The number of dihydropyridines is 1. The van der Waals surface area contributed by atoms with Crippen LogP contribution in [0.5, 0.6) is 0 Å². The van der Waals surface area contributed by atoms with Gasteiger partial charge in [0.05, 0.1) is 6.10 Å². The molecule has 2 rings (SSSR count). The Kier molecular flexibility index (Phi) is 8.61. The van der Waals surface area contributed by atoms with Crippen LogP contribution in [0.2, 0.25) is 0 Å². The zero-order valence-corrected chi connectivity index (χ0v) is 15.2. The van der Waals surface area contributed by atoms with Gasteiger partial charge in [0.25, 0.3) is 0 Å². The summed E-state index contributed by atoms with van der Waals surface area (Å²) in [6, 6.07) is 0. The number of nitrogens with zero attached hydrogens (tertiary/aromatic N) is 1. The molecule has 0 amide bonds. The Bertz CT molecular complexity index is 357. The van der Waals surface area contributed by atoms with Gasteiger partial charge in [-0.3, -0.25) is 0 Å². The summed E-state index contributed by atoms with van der Waals surface area (Å²) in [5.74, 6) is 0.681. The molecular formula is C15H23KN2O. The van der Waals surface area contributed by atoms with Crippen molar-refractivity contribution in [3.05, 3.63) is 41.1 Å². The van der Waals surface area contributed by atoms with E-state index in [2.05, 4.69) is 10.6 Å². The molecule has 0 aromatic rings. The van der Waals surface area contributed by atoms with E-state index < -0.39 is 0 Å². The van der Waals surface area contributed by atoms with Gasteiger partial charge in [0.1, 0.15) is 0 Å². The molecule has 100 valence electrons. The van der Waals surface area contributed by atoms with Crippen molar-refractivity contribution in [1.29, 1.82) is 0 Å². The first-order chi connectivity index (χ1) is 8.81. The molecule has 2 N–H and O–H groups in total. The molecule has 1 aliphatic heterocycles. The van der Waals surface area contributed by atoms with Crippen molar-refractivity contribution in [2.45, 2.75) is 44.6 Å². The van der Waals surface area contributed by atoms with E-state index in [1.807, 2.05) is 18.4 Å². The van der Waals surface area contributed by atoms with Crippen LogP contribution in [-0.4, -0.2) is 18.3 Å². The normalized spacial score (nSPS) is 23.3. The van der Waals surface area contributed by atoms with Crippen LogP contribution in [0.15, 0.2) is 35.8 Å². The Morgan fingerprint density at radius 2 is 2.16 bits per heavy atom. The molecule has 1 aliphatic carbocycles. The standard InChI is InChI=1S/C15H23N2O.K/c1-16-11-14-13(8-5-9-17-14)15(18)10-12-6-3-2-4-7-12;/h5,8-9,11-12,15,17-18H,2-4,6-7,10H2,1H3;/q-1;+1/b14-11-;. The first-order valence-electron chi connectivity index (χ1n) is 6.92. The third-order valence-corrected chi connectivity index (χ3v) is 3.82. The number of nitrogens with one attached hydrogen (secondary N) is 1. The van der Waals surface area contributed by atoms with Crippen LogP contribution in [0.25, 0.3) is 5.32 Å². The van der Waals surface area contributed by atoms with Crippen molar-refractivity contribution in [2.24, 2.45) is 5.92 Å². The zero-order valence-electron chi connectivity index (χ0n) is 12.1. The van der Waals surface area contributed by atoms with E-state index in [4.69, 9.17) is 0 Å². The maximum Gasteiger partial charge on any atom is 1.00 e. The fraction of sp³-hybridized carbons (Fsp3) is 0.600. The second kappa shape index (κ2) is 9.37. The topological polar surface area (TPSA) is 46.4 Å². The summed E-state index contributed by atoms with van der Waals surface area (Å²) in [4.78, 5) is 0. The molecule has 3 nitrogen and oxygen atoms in total. The number of aliphatic hydroxyl groups is 1. The molecule has 0 aromatic carbocycles. The van der Waals surface area contributed by atoms with Crippen LogP contribution in [0.3, 0.4) is 0 Å². The molecule has 0 bridgehead atoms. The number of allylic oxidation sites excluding steroid dienone is 2. The average Bonchev–Trinajstić information content (AvgIpc) is 2.41. The van der Waals surface area contributed by atoms with Crippen molar-refractivity contribution >= 4 is 0 Å². The Morgan fingerprint density at radius 1 is 1.42 bits per heavy atom. The van der Waals surface area contributed by atoms with E-state index >= 15 is 0 Å². The van der Waals surface area contributed by atoms with Crippen molar-refractivity contribution in [2.75, 3.05) is 7.05 Å². The van der Waals surface area contributed by atoms with Crippen LogP contribution in [0, 0.1) is 5.92 Å². The quantitative estimate of drug-likeness (QED) is 0.726. The molecular weight excluding hydrogens is 263 g/mol. The van der Waals surface area contributed by atoms with Gasteiger partial charge >= 0.3 is 51.4 Å². The molecule has 0 saturated heterocycles. The third-order valence-electron chi connectivity index (χ3n) is 3.82. The van der Waals surface area contributed by atoms with E-state index in [-0.39, 0.29) is 57.5 Å². The van der Waals surface area contributed by atoms with Gasteiger partial charge in [-0.15, -0.1) is 7.05 Å². The summed E-state index contributed by atoms with van der Waals surface area (Å²) in [5.41, 5.74) is 1.89. The van der Waals surface area contributed by atoms with Gasteiger partial charge in [0, 0.05) is 17.5 Å². The SMILES string of the molecule is C[N-]/C=C1\NC=CC=C1C(O)CC1CCCCC1.[K+]. The fourth-order valence-corrected chi connectivity index (χ4v) is 2.86. The Morgan fingerprint density at radius 3 is 2.84 bits per heavy atom. The number of hydrogen-bond acceptors (Lipinski definition) is 2. The molecule has 0 spiro atoms. The van der Waals surface area contributed by atoms with Crippen LogP contribution >= 0.6 is 0 Å². The van der Waals surface area contributed by atoms with Crippen molar-refractivity contribution in [3.63, 3.8) is 0 Å². The van der Waals surface area contributed by atoms with Gasteiger partial charge in [-0.05, 0) is 18.4 Å². The van der Waals surface area contributed by atoms with Crippen molar-refractivity contribution < 1.29 is 56.5 Å². The van der Waals surface area contributed by atoms with E-state index in [0.717, 1.165) is 17.7 Å². The van der Waals surface area contributed by atoms with Gasteiger partial charge in [-0.2, -0.15) is 6.20 Å². The molecule has 1 heterocycles. The average molecular weight is 286 g/mol. The molecule has 0 aromatic heterocycles. The summed E-state index contributed by atoms with van der Waals surface area (Å²) in [6.45, 7) is 0. The molecule has 0 radical (unpaired) electrons. The van der Waals surface area contributed by atoms with Crippen molar-refractivity contribution in [3.8, 4) is 0 Å². The van der Waals surface area contributed by atoms with Gasteiger partial charge < -0.3 is 15.7 Å². The molecule has 4 heteroatoms. The maximum absolute atomic E-state index is 10.4. The summed E-state index contributed by atoms with van der Waals surface area (Å²) in [7, 11) is 1.75. The fourth-order valence-electron chi connectivity index (χ4n) is 2.86.